The molecule has 0 unspecified atom stereocenters. The lowest BCUT2D eigenvalue weighted by atomic mass is 10.2. The lowest BCUT2D eigenvalue weighted by Gasteiger charge is -2.20. The van der Waals surface area contributed by atoms with Gasteiger partial charge in [0.05, 0.1) is 23.4 Å². The minimum absolute atomic E-state index is 0.0126. The number of hydrogen-bond donors (Lipinski definition) is 2. The van der Waals surface area contributed by atoms with Crippen LogP contribution in [-0.4, -0.2) is 40.5 Å². The Morgan fingerprint density at radius 1 is 1.00 bits per heavy atom. The van der Waals surface area contributed by atoms with Gasteiger partial charge in [0.1, 0.15) is 5.82 Å². The van der Waals surface area contributed by atoms with E-state index in [1.807, 2.05) is 0 Å². The molecule has 0 saturated carbocycles. The van der Waals surface area contributed by atoms with E-state index in [4.69, 9.17) is 0 Å². The van der Waals surface area contributed by atoms with Gasteiger partial charge in [-0.05, 0) is 60.7 Å². The van der Waals surface area contributed by atoms with Crippen molar-refractivity contribution in [2.45, 2.75) is 4.90 Å². The molecule has 0 fully saturated rings. The topological polar surface area (TPSA) is 126 Å². The number of carbonyl (C=O) groups excluding carboxylic acids is 1. The maximum absolute atomic E-state index is 12.5. The van der Waals surface area contributed by atoms with Crippen molar-refractivity contribution < 1.29 is 21.6 Å². The Bertz CT molecular complexity index is 1340. The number of nitrogens with zero attached hydrogens (tertiary/aromatic N) is 2. The van der Waals surface area contributed by atoms with Crippen LogP contribution in [0.5, 0.6) is 0 Å². The predicted octanol–water partition coefficient (Wildman–Crippen LogP) is 3.09. The molecular formula is C22H22N4O5S2. The summed E-state index contributed by atoms with van der Waals surface area (Å²) in [6.07, 6.45) is 4.03. The second-order valence-corrected chi connectivity index (χ2v) is 10.5. The number of carbonyl (C=O) groups is 1. The van der Waals surface area contributed by atoms with Crippen molar-refractivity contribution in [3.8, 4) is 0 Å². The number of benzene rings is 2. The predicted molar refractivity (Wildman–Crippen MR) is 128 cm³/mol. The van der Waals surface area contributed by atoms with E-state index in [0.29, 0.717) is 16.9 Å². The van der Waals surface area contributed by atoms with E-state index < -0.39 is 26.0 Å². The van der Waals surface area contributed by atoms with Gasteiger partial charge in [-0.15, -0.1) is 6.58 Å². The van der Waals surface area contributed by atoms with E-state index in [-0.39, 0.29) is 17.3 Å². The molecule has 0 aliphatic rings. The molecule has 11 heteroatoms. The summed E-state index contributed by atoms with van der Waals surface area (Å²) in [6, 6.07) is 16.6. The number of amides is 1. The van der Waals surface area contributed by atoms with Gasteiger partial charge in [0.2, 0.25) is 10.0 Å². The van der Waals surface area contributed by atoms with Gasteiger partial charge in [-0.2, -0.15) is 0 Å². The highest BCUT2D eigenvalue weighted by Gasteiger charge is 2.17. The number of anilines is 3. The van der Waals surface area contributed by atoms with Crippen molar-refractivity contribution in [1.29, 1.82) is 0 Å². The van der Waals surface area contributed by atoms with Crippen LogP contribution in [0, 0.1) is 0 Å². The highest BCUT2D eigenvalue weighted by Crippen LogP contribution is 2.20. The van der Waals surface area contributed by atoms with Crippen LogP contribution in [0.3, 0.4) is 0 Å². The first-order valence-electron chi connectivity index (χ1n) is 9.64. The maximum Gasteiger partial charge on any atom is 0.263 e. The summed E-state index contributed by atoms with van der Waals surface area (Å²) in [5, 5.41) is 2.68. The zero-order chi connectivity index (χ0) is 24.1. The number of nitrogens with one attached hydrogen (secondary N) is 2. The van der Waals surface area contributed by atoms with Crippen LogP contribution in [-0.2, 0) is 20.0 Å². The average Bonchev–Trinajstić information content (AvgIpc) is 2.77. The van der Waals surface area contributed by atoms with E-state index in [1.165, 1.54) is 71.2 Å². The standard InChI is InChI=1S/C22H22N4O5S2/c1-3-16-26(32(2,28)29)19-11-7-17(8-12-19)22(27)24-18-9-13-20(14-10-18)33(30,31)25-21-6-4-5-15-23-21/h3-15H,1,16H2,2H3,(H,23,25)(H,24,27). The summed E-state index contributed by atoms with van der Waals surface area (Å²) < 4.78 is 52.3. The highest BCUT2D eigenvalue weighted by molar-refractivity contribution is 7.92. The molecule has 0 spiro atoms. The van der Waals surface area contributed by atoms with Crippen LogP contribution >= 0.6 is 0 Å². The third-order valence-electron chi connectivity index (χ3n) is 4.44. The molecule has 3 aromatic rings. The Hall–Kier alpha value is -3.70. The van der Waals surface area contributed by atoms with Gasteiger partial charge in [0, 0.05) is 17.4 Å². The Balaban J connectivity index is 1.70. The van der Waals surface area contributed by atoms with Gasteiger partial charge in [-0.25, -0.2) is 21.8 Å². The summed E-state index contributed by atoms with van der Waals surface area (Å²) in [6.45, 7) is 3.67. The van der Waals surface area contributed by atoms with Gasteiger partial charge >= 0.3 is 0 Å². The summed E-state index contributed by atoms with van der Waals surface area (Å²) in [5.74, 6) is -0.237. The highest BCUT2D eigenvalue weighted by atomic mass is 32.2. The van der Waals surface area contributed by atoms with Crippen molar-refractivity contribution in [3.63, 3.8) is 0 Å². The van der Waals surface area contributed by atoms with Crippen molar-refractivity contribution >= 4 is 43.1 Å². The van der Waals surface area contributed by atoms with Gasteiger partial charge in [-0.1, -0.05) is 12.1 Å². The van der Waals surface area contributed by atoms with Crippen LogP contribution in [0.15, 0.2) is 90.5 Å². The molecule has 0 aliphatic heterocycles. The Kier molecular flexibility index (Phi) is 7.14. The van der Waals surface area contributed by atoms with Crippen LogP contribution < -0.4 is 14.3 Å². The molecule has 0 aliphatic carbocycles. The molecule has 0 saturated heterocycles. The lowest BCUT2D eigenvalue weighted by molar-refractivity contribution is 0.102. The average molecular weight is 487 g/mol. The molecule has 33 heavy (non-hydrogen) atoms. The third-order valence-corrected chi connectivity index (χ3v) is 6.97. The van der Waals surface area contributed by atoms with E-state index >= 15 is 0 Å². The summed E-state index contributed by atoms with van der Waals surface area (Å²) >= 11 is 0. The van der Waals surface area contributed by atoms with Gasteiger partial charge in [-0.3, -0.25) is 13.8 Å². The Labute approximate surface area is 192 Å². The summed E-state index contributed by atoms with van der Waals surface area (Å²) in [5.41, 5.74) is 1.11. The fourth-order valence-corrected chi connectivity index (χ4v) is 4.76. The van der Waals surface area contributed by atoms with Crippen molar-refractivity contribution in [2.24, 2.45) is 0 Å². The Morgan fingerprint density at radius 2 is 1.67 bits per heavy atom. The zero-order valence-electron chi connectivity index (χ0n) is 17.7. The SMILES string of the molecule is C=CCN(c1ccc(C(=O)Nc2ccc(S(=O)(=O)Nc3ccccn3)cc2)cc1)S(C)(=O)=O. The van der Waals surface area contributed by atoms with Gasteiger partial charge in [0.15, 0.2) is 0 Å². The lowest BCUT2D eigenvalue weighted by Crippen LogP contribution is -2.29. The second kappa shape index (κ2) is 9.84. The van der Waals surface area contributed by atoms with Crippen LogP contribution in [0.2, 0.25) is 0 Å². The fraction of sp³-hybridized carbons (Fsp3) is 0.0909. The second-order valence-electron chi connectivity index (χ2n) is 6.93. The van der Waals surface area contributed by atoms with Crippen LogP contribution in [0.1, 0.15) is 10.4 Å². The molecular weight excluding hydrogens is 464 g/mol. The van der Waals surface area contributed by atoms with Crippen molar-refractivity contribution in [1.82, 2.24) is 4.98 Å². The minimum Gasteiger partial charge on any atom is -0.322 e. The number of hydrogen-bond acceptors (Lipinski definition) is 6. The van der Waals surface area contributed by atoms with E-state index in [0.717, 1.165) is 6.26 Å². The third kappa shape index (κ3) is 6.18. The normalized spacial score (nSPS) is 11.4. The molecule has 2 aromatic carbocycles. The van der Waals surface area contributed by atoms with Crippen molar-refractivity contribution in [2.75, 3.05) is 27.1 Å². The number of rotatable bonds is 9. The smallest absolute Gasteiger partial charge is 0.263 e. The molecule has 172 valence electrons. The molecule has 9 nitrogen and oxygen atoms in total. The van der Waals surface area contributed by atoms with E-state index in [2.05, 4.69) is 21.6 Å². The molecule has 0 radical (unpaired) electrons. The number of aromatic nitrogens is 1. The van der Waals surface area contributed by atoms with E-state index in [9.17, 15) is 21.6 Å². The largest absolute Gasteiger partial charge is 0.322 e. The van der Waals surface area contributed by atoms with Crippen LogP contribution in [0.25, 0.3) is 0 Å². The zero-order valence-corrected chi connectivity index (χ0v) is 19.3. The molecule has 1 amide bonds. The monoisotopic (exact) mass is 486 g/mol. The molecule has 1 heterocycles. The maximum atomic E-state index is 12.5. The Morgan fingerprint density at radius 3 is 2.21 bits per heavy atom. The first-order valence-corrected chi connectivity index (χ1v) is 13.0. The number of pyridine rings is 1. The quantitative estimate of drug-likeness (QED) is 0.448. The van der Waals surface area contributed by atoms with Crippen molar-refractivity contribution in [3.05, 3.63) is 91.1 Å². The molecule has 0 atom stereocenters. The first-order chi connectivity index (χ1) is 15.6. The molecule has 0 bridgehead atoms. The first kappa shape index (κ1) is 24.0. The van der Waals surface area contributed by atoms with Gasteiger partial charge in [0.25, 0.3) is 15.9 Å². The fourth-order valence-electron chi connectivity index (χ4n) is 2.87. The van der Waals surface area contributed by atoms with E-state index in [1.54, 1.807) is 12.1 Å². The van der Waals surface area contributed by atoms with Crippen LogP contribution in [0.4, 0.5) is 17.2 Å². The summed E-state index contributed by atoms with van der Waals surface area (Å²) in [7, 11) is -7.32. The number of sulfonamides is 2. The molecule has 1 aromatic heterocycles. The molecule has 3 rings (SSSR count). The molecule has 2 N–H and O–H groups in total. The van der Waals surface area contributed by atoms with Gasteiger partial charge < -0.3 is 5.32 Å². The minimum atomic E-state index is -3.83. The summed E-state index contributed by atoms with van der Waals surface area (Å²) in [4.78, 5) is 16.5.